The second kappa shape index (κ2) is 8.86. The van der Waals surface area contributed by atoms with Crippen LogP contribution in [0.4, 0.5) is 0 Å². The van der Waals surface area contributed by atoms with Crippen molar-refractivity contribution in [3.8, 4) is 17.2 Å². The van der Waals surface area contributed by atoms with Crippen LogP contribution in [-0.2, 0) is 11.3 Å². The van der Waals surface area contributed by atoms with Crippen LogP contribution in [-0.4, -0.2) is 27.9 Å². The van der Waals surface area contributed by atoms with E-state index in [2.05, 4.69) is 0 Å². The zero-order chi connectivity index (χ0) is 16.5. The number of methoxy groups -OCH3 is 3. The molecule has 0 fully saturated rings. The Morgan fingerprint density at radius 1 is 0.826 bits per heavy atom. The highest BCUT2D eigenvalue weighted by atomic mass is 16.5. The Balaban J connectivity index is 1.81. The van der Waals surface area contributed by atoms with Gasteiger partial charge in [-0.25, -0.2) is 0 Å². The van der Waals surface area contributed by atoms with Gasteiger partial charge in [0.25, 0.3) is 0 Å². The van der Waals surface area contributed by atoms with E-state index < -0.39 is 0 Å². The summed E-state index contributed by atoms with van der Waals surface area (Å²) in [5.41, 5.74) is 2.15. The topological polar surface area (TPSA) is 36.9 Å². The highest BCUT2D eigenvalue weighted by Gasteiger charge is 2.04. The standard InChI is InChI=1S/C19H22O4/c1-20-17-9-6-15(7-10-17)5-4-12-23-14-16-8-11-18(21-2)19(13-16)22-3/h4-11,13H,12,14H2,1-3H3/b5-4+. The average Bonchev–Trinajstić information content (AvgIpc) is 2.61. The van der Waals surface area contributed by atoms with E-state index in [1.165, 1.54) is 0 Å². The molecule has 122 valence electrons. The first kappa shape index (κ1) is 16.9. The molecule has 2 rings (SSSR count). The first-order valence-corrected chi connectivity index (χ1v) is 7.36. The summed E-state index contributed by atoms with van der Waals surface area (Å²) in [4.78, 5) is 0. The van der Waals surface area contributed by atoms with Crippen LogP contribution < -0.4 is 14.2 Å². The van der Waals surface area contributed by atoms with Gasteiger partial charge in [-0.05, 0) is 35.4 Å². The van der Waals surface area contributed by atoms with Gasteiger partial charge in [0.2, 0.25) is 0 Å². The maximum Gasteiger partial charge on any atom is 0.161 e. The minimum atomic E-state index is 0.521. The fourth-order valence-corrected chi connectivity index (χ4v) is 2.11. The van der Waals surface area contributed by atoms with Crippen molar-refractivity contribution in [3.63, 3.8) is 0 Å². The molecule has 2 aromatic carbocycles. The van der Waals surface area contributed by atoms with Crippen LogP contribution in [0.25, 0.3) is 6.08 Å². The predicted octanol–water partition coefficient (Wildman–Crippen LogP) is 3.94. The molecule has 23 heavy (non-hydrogen) atoms. The first-order valence-electron chi connectivity index (χ1n) is 7.36. The molecule has 0 aliphatic rings. The van der Waals surface area contributed by atoms with Crippen molar-refractivity contribution < 1.29 is 18.9 Å². The molecule has 0 aliphatic carbocycles. The number of rotatable bonds is 8. The Kier molecular flexibility index (Phi) is 6.51. The zero-order valence-electron chi connectivity index (χ0n) is 13.7. The molecule has 0 saturated heterocycles. The summed E-state index contributed by atoms with van der Waals surface area (Å²) in [5, 5.41) is 0. The van der Waals surface area contributed by atoms with Gasteiger partial charge in [0, 0.05) is 0 Å². The van der Waals surface area contributed by atoms with E-state index in [9.17, 15) is 0 Å². The summed E-state index contributed by atoms with van der Waals surface area (Å²) in [7, 11) is 4.91. The molecule has 0 atom stereocenters. The lowest BCUT2D eigenvalue weighted by Gasteiger charge is -2.09. The molecule has 2 aromatic rings. The van der Waals surface area contributed by atoms with Gasteiger partial charge in [-0.2, -0.15) is 0 Å². The molecule has 0 aliphatic heterocycles. The lowest BCUT2D eigenvalue weighted by Crippen LogP contribution is -1.96. The van der Waals surface area contributed by atoms with Crippen molar-refractivity contribution in [3.05, 3.63) is 59.7 Å². The van der Waals surface area contributed by atoms with E-state index >= 15 is 0 Å². The Bertz CT molecular complexity index is 632. The van der Waals surface area contributed by atoms with Gasteiger partial charge in [0.05, 0.1) is 34.5 Å². The van der Waals surface area contributed by atoms with E-state index in [1.54, 1.807) is 21.3 Å². The number of ether oxygens (including phenoxy) is 4. The Morgan fingerprint density at radius 2 is 1.57 bits per heavy atom. The number of hydrogen-bond donors (Lipinski definition) is 0. The number of benzene rings is 2. The van der Waals surface area contributed by atoms with Crippen molar-refractivity contribution in [2.45, 2.75) is 6.61 Å². The molecule has 0 radical (unpaired) electrons. The summed E-state index contributed by atoms with van der Waals surface area (Å²) in [6.07, 6.45) is 4.01. The molecule has 0 N–H and O–H groups in total. The lowest BCUT2D eigenvalue weighted by atomic mass is 10.2. The van der Waals surface area contributed by atoms with Gasteiger partial charge in [0.1, 0.15) is 5.75 Å². The molecule has 0 saturated carbocycles. The predicted molar refractivity (Wildman–Crippen MR) is 91.2 cm³/mol. The van der Waals surface area contributed by atoms with Crippen LogP contribution in [0.2, 0.25) is 0 Å². The maximum atomic E-state index is 5.65. The molecule has 4 nitrogen and oxygen atoms in total. The van der Waals surface area contributed by atoms with Crippen molar-refractivity contribution in [2.24, 2.45) is 0 Å². The number of hydrogen-bond acceptors (Lipinski definition) is 4. The summed E-state index contributed by atoms with van der Waals surface area (Å²) in [6.45, 7) is 1.06. The van der Waals surface area contributed by atoms with Crippen LogP contribution in [0, 0.1) is 0 Å². The lowest BCUT2D eigenvalue weighted by molar-refractivity contribution is 0.149. The average molecular weight is 314 g/mol. The monoisotopic (exact) mass is 314 g/mol. The van der Waals surface area contributed by atoms with E-state index in [1.807, 2.05) is 54.6 Å². The summed E-state index contributed by atoms with van der Waals surface area (Å²) in [5.74, 6) is 2.28. The molecule has 0 bridgehead atoms. The van der Waals surface area contributed by atoms with Crippen LogP contribution >= 0.6 is 0 Å². The van der Waals surface area contributed by atoms with E-state index in [0.717, 1.165) is 22.6 Å². The smallest absolute Gasteiger partial charge is 0.161 e. The molecule has 0 aromatic heterocycles. The van der Waals surface area contributed by atoms with E-state index in [-0.39, 0.29) is 0 Å². The summed E-state index contributed by atoms with van der Waals surface area (Å²) in [6, 6.07) is 13.6. The van der Waals surface area contributed by atoms with Crippen LogP contribution in [0.1, 0.15) is 11.1 Å². The van der Waals surface area contributed by atoms with Gasteiger partial charge >= 0.3 is 0 Å². The second-order valence-electron chi connectivity index (χ2n) is 4.88. The van der Waals surface area contributed by atoms with Crippen molar-refractivity contribution in [2.75, 3.05) is 27.9 Å². The Hall–Kier alpha value is -2.46. The van der Waals surface area contributed by atoms with E-state index in [4.69, 9.17) is 18.9 Å². The summed E-state index contributed by atoms with van der Waals surface area (Å²) >= 11 is 0. The molecule has 0 heterocycles. The van der Waals surface area contributed by atoms with Crippen LogP contribution in [0.5, 0.6) is 17.2 Å². The fourth-order valence-electron chi connectivity index (χ4n) is 2.11. The first-order chi connectivity index (χ1) is 11.3. The van der Waals surface area contributed by atoms with Crippen molar-refractivity contribution in [1.82, 2.24) is 0 Å². The minimum Gasteiger partial charge on any atom is -0.497 e. The quantitative estimate of drug-likeness (QED) is 0.692. The Labute approximate surface area is 137 Å². The largest absolute Gasteiger partial charge is 0.497 e. The third-order valence-electron chi connectivity index (χ3n) is 3.36. The highest BCUT2D eigenvalue weighted by molar-refractivity contribution is 5.50. The second-order valence-corrected chi connectivity index (χ2v) is 4.88. The Morgan fingerprint density at radius 3 is 2.22 bits per heavy atom. The van der Waals surface area contributed by atoms with Gasteiger partial charge < -0.3 is 18.9 Å². The minimum absolute atomic E-state index is 0.521. The van der Waals surface area contributed by atoms with Crippen molar-refractivity contribution in [1.29, 1.82) is 0 Å². The highest BCUT2D eigenvalue weighted by Crippen LogP contribution is 2.27. The fraction of sp³-hybridized carbons (Fsp3) is 0.263. The van der Waals surface area contributed by atoms with Crippen LogP contribution in [0.15, 0.2) is 48.5 Å². The molecule has 4 heteroatoms. The van der Waals surface area contributed by atoms with Gasteiger partial charge in [-0.15, -0.1) is 0 Å². The molecular weight excluding hydrogens is 292 g/mol. The van der Waals surface area contributed by atoms with Crippen molar-refractivity contribution >= 4 is 6.08 Å². The molecular formula is C19H22O4. The maximum absolute atomic E-state index is 5.65. The van der Waals surface area contributed by atoms with Crippen LogP contribution in [0.3, 0.4) is 0 Å². The van der Waals surface area contributed by atoms with E-state index in [0.29, 0.717) is 19.0 Å². The molecule has 0 unspecified atom stereocenters. The SMILES string of the molecule is COc1ccc(/C=C/COCc2ccc(OC)c(OC)c2)cc1. The third-order valence-corrected chi connectivity index (χ3v) is 3.36. The van der Waals surface area contributed by atoms with Gasteiger partial charge in [-0.3, -0.25) is 0 Å². The van der Waals surface area contributed by atoms with Gasteiger partial charge in [0.15, 0.2) is 11.5 Å². The molecule has 0 amide bonds. The summed E-state index contributed by atoms with van der Waals surface area (Å²) < 4.78 is 21.3. The van der Waals surface area contributed by atoms with Gasteiger partial charge in [-0.1, -0.05) is 30.4 Å². The molecule has 0 spiro atoms. The normalized spacial score (nSPS) is 10.7. The zero-order valence-corrected chi connectivity index (χ0v) is 13.7. The third kappa shape index (κ3) is 5.04.